The number of fused-ring (bicyclic) bond motifs is 3. The maximum Gasteiger partial charge on any atom is 0.138 e. The second-order valence-corrected chi connectivity index (χ2v) is 8.75. The molecule has 0 saturated carbocycles. The highest BCUT2D eigenvalue weighted by atomic mass is 32.2. The van der Waals surface area contributed by atoms with Crippen LogP contribution >= 0.6 is 11.8 Å². The first-order valence-corrected chi connectivity index (χ1v) is 10.8. The number of aromatic nitrogens is 2. The molecular weight excluding hydrogens is 376 g/mol. The van der Waals surface area contributed by atoms with E-state index in [1.165, 1.54) is 21.2 Å². The third-order valence-electron chi connectivity index (χ3n) is 5.28. The van der Waals surface area contributed by atoms with Gasteiger partial charge in [-0.25, -0.2) is 4.98 Å². The summed E-state index contributed by atoms with van der Waals surface area (Å²) in [7, 11) is 4.27. The summed E-state index contributed by atoms with van der Waals surface area (Å²) in [6.45, 7) is 2.09. The fourth-order valence-electron chi connectivity index (χ4n) is 3.86. The SMILES string of the molecule is CN(C)CCCN1c2ccccc2Sc2cc(-c3nc4ccccc4[nH]3)ccc21. The Morgan fingerprint density at radius 1 is 0.931 bits per heavy atom. The minimum Gasteiger partial charge on any atom is -0.340 e. The fourth-order valence-corrected chi connectivity index (χ4v) is 4.99. The molecule has 5 rings (SSSR count). The Labute approximate surface area is 175 Å². The Kier molecular flexibility index (Phi) is 4.78. The number of rotatable bonds is 5. The lowest BCUT2D eigenvalue weighted by molar-refractivity contribution is 0.402. The number of H-pyrrole nitrogens is 1. The summed E-state index contributed by atoms with van der Waals surface area (Å²) in [5.41, 5.74) is 5.79. The molecule has 0 amide bonds. The van der Waals surface area contributed by atoms with E-state index >= 15 is 0 Å². The second kappa shape index (κ2) is 7.58. The molecule has 0 unspecified atom stereocenters. The molecule has 146 valence electrons. The van der Waals surface area contributed by atoms with Gasteiger partial charge in [0.15, 0.2) is 0 Å². The lowest BCUT2D eigenvalue weighted by Gasteiger charge is -2.33. The number of hydrogen-bond acceptors (Lipinski definition) is 4. The number of aromatic amines is 1. The van der Waals surface area contributed by atoms with Gasteiger partial charge >= 0.3 is 0 Å². The van der Waals surface area contributed by atoms with Crippen LogP contribution < -0.4 is 4.90 Å². The first kappa shape index (κ1) is 18.3. The quantitative estimate of drug-likeness (QED) is 0.460. The van der Waals surface area contributed by atoms with E-state index in [4.69, 9.17) is 4.98 Å². The lowest BCUT2D eigenvalue weighted by Crippen LogP contribution is -2.25. The van der Waals surface area contributed by atoms with Gasteiger partial charge in [0, 0.05) is 21.9 Å². The minimum absolute atomic E-state index is 0.924. The molecule has 1 aliphatic rings. The zero-order chi connectivity index (χ0) is 19.8. The predicted molar refractivity (Wildman–Crippen MR) is 122 cm³/mol. The molecule has 0 bridgehead atoms. The van der Waals surface area contributed by atoms with Gasteiger partial charge in [0.25, 0.3) is 0 Å². The highest BCUT2D eigenvalue weighted by Gasteiger charge is 2.23. The van der Waals surface area contributed by atoms with Crippen molar-refractivity contribution in [3.05, 3.63) is 66.7 Å². The lowest BCUT2D eigenvalue weighted by atomic mass is 10.1. The summed E-state index contributed by atoms with van der Waals surface area (Å²) in [4.78, 5) is 15.5. The van der Waals surface area contributed by atoms with Crippen molar-refractivity contribution in [2.24, 2.45) is 0 Å². The van der Waals surface area contributed by atoms with Crippen LogP contribution in [0.3, 0.4) is 0 Å². The van der Waals surface area contributed by atoms with Gasteiger partial charge in [0.1, 0.15) is 5.82 Å². The van der Waals surface area contributed by atoms with E-state index in [0.29, 0.717) is 0 Å². The molecule has 0 fully saturated rings. The summed E-state index contributed by atoms with van der Waals surface area (Å²) in [6, 6.07) is 23.6. The van der Waals surface area contributed by atoms with Crippen molar-refractivity contribution in [2.75, 3.05) is 32.1 Å². The van der Waals surface area contributed by atoms with Gasteiger partial charge in [-0.2, -0.15) is 0 Å². The molecule has 0 aliphatic carbocycles. The first-order chi connectivity index (χ1) is 14.2. The van der Waals surface area contributed by atoms with E-state index in [-0.39, 0.29) is 0 Å². The van der Waals surface area contributed by atoms with Crippen molar-refractivity contribution < 1.29 is 0 Å². The van der Waals surface area contributed by atoms with Crippen LogP contribution in [0.25, 0.3) is 22.4 Å². The minimum atomic E-state index is 0.924. The molecule has 29 heavy (non-hydrogen) atoms. The predicted octanol–water partition coefficient (Wildman–Crippen LogP) is 5.78. The average Bonchev–Trinajstić information content (AvgIpc) is 3.17. The van der Waals surface area contributed by atoms with Gasteiger partial charge in [-0.05, 0) is 69.5 Å². The molecule has 0 radical (unpaired) electrons. The molecule has 1 aliphatic heterocycles. The highest BCUT2D eigenvalue weighted by molar-refractivity contribution is 7.99. The van der Waals surface area contributed by atoms with Gasteiger partial charge in [-0.1, -0.05) is 36.0 Å². The standard InChI is InChI=1S/C24H24N4S/c1-27(2)14-7-15-28-20-10-5-6-11-22(20)29-23-16-17(12-13-21(23)28)24-25-18-8-3-4-9-19(18)26-24/h3-6,8-13,16H,7,14-15H2,1-2H3,(H,25,26). The Balaban J connectivity index is 1.52. The Bertz CT molecular complexity index is 1130. The fraction of sp³-hybridized carbons (Fsp3) is 0.208. The van der Waals surface area contributed by atoms with Crippen molar-refractivity contribution in [3.8, 4) is 11.4 Å². The average molecular weight is 401 g/mol. The molecule has 0 saturated heterocycles. The molecule has 4 nitrogen and oxygen atoms in total. The number of nitrogens with zero attached hydrogens (tertiary/aromatic N) is 3. The number of para-hydroxylation sites is 3. The molecule has 1 N–H and O–H groups in total. The van der Waals surface area contributed by atoms with Crippen molar-refractivity contribution >= 4 is 34.2 Å². The van der Waals surface area contributed by atoms with Crippen LogP contribution in [0.1, 0.15) is 6.42 Å². The van der Waals surface area contributed by atoms with E-state index in [2.05, 4.69) is 77.4 Å². The largest absolute Gasteiger partial charge is 0.340 e. The molecule has 5 heteroatoms. The Hall–Kier alpha value is -2.76. The molecule has 3 aromatic carbocycles. The Morgan fingerprint density at radius 3 is 2.59 bits per heavy atom. The summed E-state index contributed by atoms with van der Waals surface area (Å²) in [5.74, 6) is 0.924. The van der Waals surface area contributed by atoms with Gasteiger partial charge in [0.2, 0.25) is 0 Å². The van der Waals surface area contributed by atoms with Gasteiger partial charge in [-0.15, -0.1) is 0 Å². The van der Waals surface area contributed by atoms with Crippen LogP contribution in [0, 0.1) is 0 Å². The van der Waals surface area contributed by atoms with Crippen LogP contribution in [0.4, 0.5) is 11.4 Å². The van der Waals surface area contributed by atoms with Crippen molar-refractivity contribution in [1.29, 1.82) is 0 Å². The van der Waals surface area contributed by atoms with E-state index in [1.807, 2.05) is 30.0 Å². The van der Waals surface area contributed by atoms with E-state index in [9.17, 15) is 0 Å². The van der Waals surface area contributed by atoms with Crippen molar-refractivity contribution in [2.45, 2.75) is 16.2 Å². The summed E-state index contributed by atoms with van der Waals surface area (Å²) in [5, 5.41) is 0. The number of hydrogen-bond donors (Lipinski definition) is 1. The molecule has 0 spiro atoms. The highest BCUT2D eigenvalue weighted by Crippen LogP contribution is 2.49. The molecule has 2 heterocycles. The van der Waals surface area contributed by atoms with Gasteiger partial charge in [-0.3, -0.25) is 0 Å². The first-order valence-electron chi connectivity index (χ1n) is 9.97. The molecular formula is C24H24N4S. The van der Waals surface area contributed by atoms with Crippen molar-refractivity contribution in [3.63, 3.8) is 0 Å². The maximum absolute atomic E-state index is 4.78. The van der Waals surface area contributed by atoms with Crippen LogP contribution in [0.15, 0.2) is 76.5 Å². The Morgan fingerprint density at radius 2 is 1.72 bits per heavy atom. The third-order valence-corrected chi connectivity index (χ3v) is 6.39. The van der Waals surface area contributed by atoms with Gasteiger partial charge < -0.3 is 14.8 Å². The summed E-state index contributed by atoms with van der Waals surface area (Å²) in [6.07, 6.45) is 1.12. The van der Waals surface area contributed by atoms with Gasteiger partial charge in [0.05, 0.1) is 22.4 Å². The van der Waals surface area contributed by atoms with Crippen LogP contribution in [0.5, 0.6) is 0 Å². The smallest absolute Gasteiger partial charge is 0.138 e. The van der Waals surface area contributed by atoms with Crippen LogP contribution in [0.2, 0.25) is 0 Å². The molecule has 1 aromatic heterocycles. The van der Waals surface area contributed by atoms with E-state index in [0.717, 1.165) is 41.9 Å². The number of nitrogens with one attached hydrogen (secondary N) is 1. The monoisotopic (exact) mass is 400 g/mol. The second-order valence-electron chi connectivity index (χ2n) is 7.66. The summed E-state index contributed by atoms with van der Waals surface area (Å²) < 4.78 is 0. The topological polar surface area (TPSA) is 35.2 Å². The summed E-state index contributed by atoms with van der Waals surface area (Å²) >= 11 is 1.85. The number of anilines is 2. The van der Waals surface area contributed by atoms with Crippen molar-refractivity contribution in [1.82, 2.24) is 14.9 Å². The van der Waals surface area contributed by atoms with Crippen LogP contribution in [-0.2, 0) is 0 Å². The number of imidazole rings is 1. The molecule has 4 aromatic rings. The normalized spacial score (nSPS) is 13.0. The zero-order valence-corrected chi connectivity index (χ0v) is 17.5. The zero-order valence-electron chi connectivity index (χ0n) is 16.7. The third kappa shape index (κ3) is 3.52. The number of benzene rings is 3. The van der Waals surface area contributed by atoms with Crippen LogP contribution in [-0.4, -0.2) is 42.1 Å². The maximum atomic E-state index is 4.78. The molecule has 0 atom stereocenters. The van der Waals surface area contributed by atoms with E-state index < -0.39 is 0 Å². The van der Waals surface area contributed by atoms with E-state index in [1.54, 1.807) is 0 Å².